The highest BCUT2D eigenvalue weighted by molar-refractivity contribution is 6.35. The average molecular weight is 624 g/mol. The number of hydrogen-bond acceptors (Lipinski definition) is 7. The first-order chi connectivity index (χ1) is 18.9. The zero-order valence-electron chi connectivity index (χ0n) is 24.0. The van der Waals surface area contributed by atoms with Gasteiger partial charge in [-0.05, 0) is 43.4 Å². The van der Waals surface area contributed by atoms with Gasteiger partial charge in [0.15, 0.2) is 0 Å². The van der Waals surface area contributed by atoms with E-state index in [0.29, 0.717) is 31.9 Å². The van der Waals surface area contributed by atoms with Crippen LogP contribution in [-0.4, -0.2) is 65.0 Å². The van der Waals surface area contributed by atoms with E-state index in [0.717, 1.165) is 4.90 Å². The number of ether oxygens (including phenoxy) is 1. The lowest BCUT2D eigenvalue weighted by Crippen LogP contribution is -2.45. The van der Waals surface area contributed by atoms with Crippen molar-refractivity contribution >= 4 is 41.3 Å². The molecule has 1 heterocycles. The predicted molar refractivity (Wildman–Crippen MR) is 152 cm³/mol. The molecule has 1 fully saturated rings. The van der Waals surface area contributed by atoms with Gasteiger partial charge in [0.1, 0.15) is 5.70 Å². The van der Waals surface area contributed by atoms with Crippen LogP contribution in [0.1, 0.15) is 78.4 Å². The lowest BCUT2D eigenvalue weighted by molar-refractivity contribution is -0.146. The normalized spacial score (nSPS) is 21.0. The Balaban J connectivity index is 2.37. The van der Waals surface area contributed by atoms with Crippen molar-refractivity contribution in [3.05, 3.63) is 39.3 Å². The minimum absolute atomic E-state index is 0.0265. The number of allylic oxidation sites excluding steroid dienone is 1. The second-order valence-electron chi connectivity index (χ2n) is 11.9. The third-order valence-corrected chi connectivity index (χ3v) is 7.52. The van der Waals surface area contributed by atoms with E-state index in [2.05, 4.69) is 10.3 Å². The smallest absolute Gasteiger partial charge is 0.431 e. The van der Waals surface area contributed by atoms with Crippen molar-refractivity contribution in [3.8, 4) is 0 Å². The Hall–Kier alpha value is -2.37. The first-order valence-electron chi connectivity index (χ1n) is 13.4. The van der Waals surface area contributed by atoms with Gasteiger partial charge in [0.25, 0.3) is 5.91 Å². The Kier molecular flexibility index (Phi) is 12.1. The summed E-state index contributed by atoms with van der Waals surface area (Å²) in [5.74, 6) is -1.41. The molecule has 0 bridgehead atoms. The number of aliphatic hydroxyl groups excluding tert-OH is 1. The van der Waals surface area contributed by atoms with Crippen molar-refractivity contribution in [1.29, 1.82) is 5.41 Å². The Morgan fingerprint density at radius 1 is 1.24 bits per heavy atom. The summed E-state index contributed by atoms with van der Waals surface area (Å²) in [4.78, 5) is 30.5. The van der Waals surface area contributed by atoms with Crippen LogP contribution in [0.4, 0.5) is 13.2 Å². The Labute approximate surface area is 249 Å². The molecule has 1 aliphatic carbocycles. The molecule has 1 aromatic heterocycles. The third kappa shape index (κ3) is 10.1. The summed E-state index contributed by atoms with van der Waals surface area (Å²) in [6.07, 6.45) is -1.66. The number of esters is 1. The molecular weight excluding hydrogens is 584 g/mol. The van der Waals surface area contributed by atoms with Crippen molar-refractivity contribution in [2.45, 2.75) is 85.0 Å². The molecule has 41 heavy (non-hydrogen) atoms. The van der Waals surface area contributed by atoms with Gasteiger partial charge >= 0.3 is 12.1 Å². The number of alkyl halides is 3. The van der Waals surface area contributed by atoms with Gasteiger partial charge in [0, 0.05) is 36.8 Å². The summed E-state index contributed by atoms with van der Waals surface area (Å²) < 4.78 is 48.1. The summed E-state index contributed by atoms with van der Waals surface area (Å²) in [6.45, 7) is 8.80. The summed E-state index contributed by atoms with van der Waals surface area (Å²) in [7, 11) is 0. The second-order valence-corrected chi connectivity index (χ2v) is 12.7. The summed E-state index contributed by atoms with van der Waals surface area (Å²) in [6, 6.07) is -0.624. The van der Waals surface area contributed by atoms with Crippen molar-refractivity contribution in [1.82, 2.24) is 15.2 Å². The average Bonchev–Trinajstić information content (AvgIpc) is 2.83. The molecule has 8 nitrogen and oxygen atoms in total. The van der Waals surface area contributed by atoms with Gasteiger partial charge in [-0.15, -0.1) is 0 Å². The van der Waals surface area contributed by atoms with Gasteiger partial charge in [0.05, 0.1) is 41.3 Å². The van der Waals surface area contributed by atoms with E-state index in [4.69, 9.17) is 33.3 Å². The number of nitrogens with zero attached hydrogens (tertiary/aromatic N) is 2. The molecular formula is C28H39Cl2F3N4O4. The number of aliphatic hydroxyl groups is 1. The van der Waals surface area contributed by atoms with Crippen molar-refractivity contribution in [3.63, 3.8) is 0 Å². The van der Waals surface area contributed by atoms with E-state index >= 15 is 0 Å². The first kappa shape index (κ1) is 34.8. The zero-order valence-corrected chi connectivity index (χ0v) is 25.5. The van der Waals surface area contributed by atoms with Gasteiger partial charge in [-0.25, -0.2) is 0 Å². The molecule has 0 saturated heterocycles. The standard InChI is InChI=1S/C28H39Cl2F3N4O4/c1-6-41-22(39)11-27(5)9-7-17(8-10-27)36-24(28(31,32)33)18(12-34)25(40)37(16-26(2,3)4)15-21(38)23-19(29)13-35-14-20(23)30/h12-14,17,21,34,36,38H,6-11,15-16H2,1-5H3/b24-18+,34-12?/t17-,21?,27-. The molecule has 2 rings (SSSR count). The van der Waals surface area contributed by atoms with Gasteiger partial charge < -0.3 is 25.5 Å². The highest BCUT2D eigenvalue weighted by Crippen LogP contribution is 2.40. The maximum atomic E-state index is 14.4. The van der Waals surface area contributed by atoms with Crippen LogP contribution in [0.15, 0.2) is 23.7 Å². The number of amides is 1. The maximum absolute atomic E-state index is 14.4. The summed E-state index contributed by atoms with van der Waals surface area (Å²) >= 11 is 12.3. The van der Waals surface area contributed by atoms with Crippen molar-refractivity contribution in [2.75, 3.05) is 19.7 Å². The van der Waals surface area contributed by atoms with E-state index in [-0.39, 0.29) is 41.2 Å². The number of carbonyl (C=O) groups excluding carboxylic acids is 2. The molecule has 0 spiro atoms. The summed E-state index contributed by atoms with van der Waals surface area (Å²) in [5.41, 5.74) is -3.06. The quantitative estimate of drug-likeness (QED) is 0.152. The van der Waals surface area contributed by atoms with Crippen molar-refractivity contribution in [2.24, 2.45) is 10.8 Å². The molecule has 1 atom stereocenters. The predicted octanol–water partition coefficient (Wildman–Crippen LogP) is 6.25. The molecule has 1 aromatic rings. The number of aromatic nitrogens is 1. The topological polar surface area (TPSA) is 116 Å². The highest BCUT2D eigenvalue weighted by atomic mass is 35.5. The lowest BCUT2D eigenvalue weighted by Gasteiger charge is -2.38. The number of hydrogen-bond donors (Lipinski definition) is 3. The van der Waals surface area contributed by atoms with E-state index in [9.17, 15) is 27.9 Å². The van der Waals surface area contributed by atoms with Gasteiger partial charge in [0.2, 0.25) is 0 Å². The van der Waals surface area contributed by atoms with Gasteiger partial charge in [-0.1, -0.05) is 50.9 Å². The van der Waals surface area contributed by atoms with Gasteiger partial charge in [-0.3, -0.25) is 14.6 Å². The van der Waals surface area contributed by atoms with E-state index < -0.39 is 52.9 Å². The fraction of sp³-hybridized carbons (Fsp3) is 0.643. The van der Waals surface area contributed by atoms with Crippen LogP contribution in [0.2, 0.25) is 10.0 Å². The SMILES string of the molecule is CCOC(=O)C[C@]1(C)CC[C@@H](N/C(=C(\C=N)C(=O)N(CC(O)c2c(Cl)cncc2Cl)CC(C)(C)C)C(F)(F)F)CC1. The molecule has 1 amide bonds. The molecule has 3 N–H and O–H groups in total. The number of nitrogens with one attached hydrogen (secondary N) is 2. The fourth-order valence-electron chi connectivity index (χ4n) is 4.96. The molecule has 0 aromatic carbocycles. The molecule has 1 saturated carbocycles. The largest absolute Gasteiger partial charge is 0.466 e. The number of halogens is 5. The van der Waals surface area contributed by atoms with Crippen LogP contribution >= 0.6 is 23.2 Å². The van der Waals surface area contributed by atoms with Crippen LogP contribution in [0.3, 0.4) is 0 Å². The summed E-state index contributed by atoms with van der Waals surface area (Å²) in [5, 5.41) is 21.3. The molecule has 1 unspecified atom stereocenters. The molecule has 0 aliphatic heterocycles. The van der Waals surface area contributed by atoms with Crippen LogP contribution in [-0.2, 0) is 14.3 Å². The molecule has 230 valence electrons. The number of pyridine rings is 1. The first-order valence-corrected chi connectivity index (χ1v) is 14.2. The molecule has 13 heteroatoms. The van der Waals surface area contributed by atoms with E-state index in [1.54, 1.807) is 27.7 Å². The monoisotopic (exact) mass is 622 g/mol. The molecule has 0 radical (unpaired) electrons. The van der Waals surface area contributed by atoms with Crippen molar-refractivity contribution < 1.29 is 32.6 Å². The minimum atomic E-state index is -4.96. The molecule has 1 aliphatic rings. The van der Waals surface area contributed by atoms with Crippen LogP contribution in [0, 0.1) is 16.2 Å². The number of carbonyl (C=O) groups is 2. The minimum Gasteiger partial charge on any atom is -0.466 e. The fourth-order valence-corrected chi connectivity index (χ4v) is 5.57. The van der Waals surface area contributed by atoms with E-state index in [1.807, 2.05) is 6.92 Å². The Morgan fingerprint density at radius 3 is 2.27 bits per heavy atom. The van der Waals surface area contributed by atoms with Crippen LogP contribution in [0.25, 0.3) is 0 Å². The van der Waals surface area contributed by atoms with Gasteiger partial charge in [-0.2, -0.15) is 13.2 Å². The van der Waals surface area contributed by atoms with Crippen LogP contribution in [0.5, 0.6) is 0 Å². The third-order valence-electron chi connectivity index (χ3n) is 6.91. The Bertz CT molecular complexity index is 1110. The zero-order chi connectivity index (χ0) is 31.2. The number of rotatable bonds is 11. The Morgan fingerprint density at radius 2 is 1.80 bits per heavy atom. The second kappa shape index (κ2) is 14.2. The lowest BCUT2D eigenvalue weighted by atomic mass is 9.72. The highest BCUT2D eigenvalue weighted by Gasteiger charge is 2.42. The van der Waals surface area contributed by atoms with E-state index in [1.165, 1.54) is 12.4 Å². The maximum Gasteiger partial charge on any atom is 0.431 e. The van der Waals surface area contributed by atoms with Crippen LogP contribution < -0.4 is 5.32 Å².